The number of nitrogens with zero attached hydrogens (tertiary/aromatic N) is 2. The van der Waals surface area contributed by atoms with Crippen molar-refractivity contribution in [1.82, 2.24) is 4.98 Å². The van der Waals surface area contributed by atoms with Gasteiger partial charge in [0, 0.05) is 25.3 Å². The quantitative estimate of drug-likeness (QED) is 0.888. The minimum absolute atomic E-state index is 0.161. The van der Waals surface area contributed by atoms with Gasteiger partial charge in [-0.1, -0.05) is 0 Å². The fourth-order valence-corrected chi connectivity index (χ4v) is 2.47. The lowest BCUT2D eigenvalue weighted by atomic mass is 10.0. The van der Waals surface area contributed by atoms with Gasteiger partial charge in [-0.15, -0.1) is 0 Å². The number of hydrogen-bond acceptors (Lipinski definition) is 4. The van der Waals surface area contributed by atoms with E-state index in [1.54, 1.807) is 0 Å². The van der Waals surface area contributed by atoms with Crippen LogP contribution in [-0.4, -0.2) is 30.2 Å². The molecule has 1 fully saturated rings. The molecule has 18 heavy (non-hydrogen) atoms. The molecule has 1 aliphatic heterocycles. The van der Waals surface area contributed by atoms with Crippen molar-refractivity contribution in [2.24, 2.45) is 5.73 Å². The van der Waals surface area contributed by atoms with Crippen LogP contribution in [-0.2, 0) is 0 Å². The van der Waals surface area contributed by atoms with Gasteiger partial charge < -0.3 is 15.4 Å². The molecule has 0 amide bonds. The lowest BCUT2D eigenvalue weighted by molar-refractivity contribution is 0.241. The van der Waals surface area contributed by atoms with E-state index in [4.69, 9.17) is 10.5 Å². The first-order valence-corrected chi connectivity index (χ1v) is 6.80. The highest BCUT2D eigenvalue weighted by atomic mass is 16.5. The van der Waals surface area contributed by atoms with E-state index in [0.29, 0.717) is 12.6 Å². The maximum Gasteiger partial charge on any atom is 0.171 e. The third kappa shape index (κ3) is 2.93. The Hall–Kier alpha value is -1.29. The molecule has 1 aromatic rings. The van der Waals surface area contributed by atoms with Crippen molar-refractivity contribution >= 4 is 5.82 Å². The fraction of sp³-hybridized carbons (Fsp3) is 0.643. The zero-order valence-corrected chi connectivity index (χ0v) is 11.3. The predicted octanol–water partition coefficient (Wildman–Crippen LogP) is 2.19. The summed E-state index contributed by atoms with van der Waals surface area (Å²) in [5.41, 5.74) is 5.87. The lowest BCUT2D eigenvalue weighted by Crippen LogP contribution is -2.44. The minimum Gasteiger partial charge on any atom is -0.487 e. The normalized spacial score (nSPS) is 20.2. The lowest BCUT2D eigenvalue weighted by Gasteiger charge is -2.36. The molecule has 1 atom stereocenters. The molecule has 2 N–H and O–H groups in total. The minimum atomic E-state index is 0.161. The zero-order chi connectivity index (χ0) is 13.0. The van der Waals surface area contributed by atoms with E-state index >= 15 is 0 Å². The predicted molar refractivity (Wildman–Crippen MR) is 74.0 cm³/mol. The third-order valence-electron chi connectivity index (χ3n) is 3.28. The standard InChI is InChI=1S/C14H23N3O/c1-11(2)18-13-7-5-8-16-14(13)17-9-4-3-6-12(17)10-15/h5,7-8,11-12H,3-4,6,9-10,15H2,1-2H3. The number of rotatable bonds is 4. The summed E-state index contributed by atoms with van der Waals surface area (Å²) in [7, 11) is 0. The molecule has 1 unspecified atom stereocenters. The summed E-state index contributed by atoms with van der Waals surface area (Å²) < 4.78 is 5.85. The number of aromatic nitrogens is 1. The Labute approximate surface area is 109 Å². The molecule has 1 aliphatic rings. The van der Waals surface area contributed by atoms with Crippen molar-refractivity contribution in [3.05, 3.63) is 18.3 Å². The van der Waals surface area contributed by atoms with Crippen LogP contribution in [0.1, 0.15) is 33.1 Å². The molecule has 0 radical (unpaired) electrons. The van der Waals surface area contributed by atoms with Crippen molar-refractivity contribution in [2.75, 3.05) is 18.0 Å². The Morgan fingerprint density at radius 3 is 3.06 bits per heavy atom. The van der Waals surface area contributed by atoms with Crippen molar-refractivity contribution in [2.45, 2.75) is 45.3 Å². The van der Waals surface area contributed by atoms with Crippen LogP contribution in [0.25, 0.3) is 0 Å². The summed E-state index contributed by atoms with van der Waals surface area (Å²) in [4.78, 5) is 6.81. The SMILES string of the molecule is CC(C)Oc1cccnc1N1CCCCC1CN. The second-order valence-electron chi connectivity index (χ2n) is 5.07. The first kappa shape index (κ1) is 13.1. The average Bonchev–Trinajstić information content (AvgIpc) is 2.39. The van der Waals surface area contributed by atoms with E-state index in [1.165, 1.54) is 12.8 Å². The Morgan fingerprint density at radius 2 is 2.33 bits per heavy atom. The Balaban J connectivity index is 2.24. The van der Waals surface area contributed by atoms with Gasteiger partial charge in [-0.3, -0.25) is 0 Å². The Morgan fingerprint density at radius 1 is 1.50 bits per heavy atom. The molecule has 100 valence electrons. The summed E-state index contributed by atoms with van der Waals surface area (Å²) in [6.45, 7) is 5.77. The maximum atomic E-state index is 5.87. The van der Waals surface area contributed by atoms with Crippen LogP contribution in [0.4, 0.5) is 5.82 Å². The highest BCUT2D eigenvalue weighted by Crippen LogP contribution is 2.31. The van der Waals surface area contributed by atoms with Gasteiger partial charge in [0.2, 0.25) is 0 Å². The average molecular weight is 249 g/mol. The third-order valence-corrected chi connectivity index (χ3v) is 3.28. The molecule has 0 aromatic carbocycles. The molecular weight excluding hydrogens is 226 g/mol. The molecular formula is C14H23N3O. The van der Waals surface area contributed by atoms with Crippen LogP contribution in [0.3, 0.4) is 0 Å². The van der Waals surface area contributed by atoms with E-state index in [0.717, 1.165) is 24.5 Å². The Bertz CT molecular complexity index is 381. The van der Waals surface area contributed by atoms with Gasteiger partial charge in [0.05, 0.1) is 6.10 Å². The molecule has 2 rings (SSSR count). The molecule has 2 heterocycles. The summed E-state index contributed by atoms with van der Waals surface area (Å²) in [6.07, 6.45) is 5.59. The van der Waals surface area contributed by atoms with Gasteiger partial charge >= 0.3 is 0 Å². The summed E-state index contributed by atoms with van der Waals surface area (Å²) in [6, 6.07) is 4.30. The van der Waals surface area contributed by atoms with Gasteiger partial charge in [-0.2, -0.15) is 0 Å². The Kier molecular flexibility index (Phi) is 4.42. The monoisotopic (exact) mass is 249 g/mol. The second kappa shape index (κ2) is 6.05. The molecule has 0 spiro atoms. The van der Waals surface area contributed by atoms with Crippen LogP contribution >= 0.6 is 0 Å². The van der Waals surface area contributed by atoms with Crippen LogP contribution in [0.15, 0.2) is 18.3 Å². The molecule has 1 aromatic heterocycles. The topological polar surface area (TPSA) is 51.4 Å². The maximum absolute atomic E-state index is 5.87. The van der Waals surface area contributed by atoms with E-state index in [9.17, 15) is 0 Å². The van der Waals surface area contributed by atoms with E-state index in [2.05, 4.69) is 9.88 Å². The van der Waals surface area contributed by atoms with Crippen molar-refractivity contribution < 1.29 is 4.74 Å². The molecule has 1 saturated heterocycles. The van der Waals surface area contributed by atoms with Gasteiger partial charge in [0.25, 0.3) is 0 Å². The number of nitrogens with two attached hydrogens (primary N) is 1. The van der Waals surface area contributed by atoms with Crippen molar-refractivity contribution in [3.63, 3.8) is 0 Å². The highest BCUT2D eigenvalue weighted by Gasteiger charge is 2.24. The van der Waals surface area contributed by atoms with Crippen LogP contribution in [0.5, 0.6) is 5.75 Å². The van der Waals surface area contributed by atoms with Gasteiger partial charge in [0.1, 0.15) is 0 Å². The first-order chi connectivity index (χ1) is 8.72. The van der Waals surface area contributed by atoms with Gasteiger partial charge in [-0.05, 0) is 45.2 Å². The molecule has 0 aliphatic carbocycles. The van der Waals surface area contributed by atoms with Crippen molar-refractivity contribution in [3.8, 4) is 5.75 Å². The molecule has 4 heteroatoms. The molecule has 4 nitrogen and oxygen atoms in total. The highest BCUT2D eigenvalue weighted by molar-refractivity contribution is 5.53. The van der Waals surface area contributed by atoms with Gasteiger partial charge in [0.15, 0.2) is 11.6 Å². The fourth-order valence-electron chi connectivity index (χ4n) is 2.47. The second-order valence-corrected chi connectivity index (χ2v) is 5.07. The number of piperidine rings is 1. The van der Waals surface area contributed by atoms with Gasteiger partial charge in [-0.25, -0.2) is 4.98 Å². The summed E-state index contributed by atoms with van der Waals surface area (Å²) in [5, 5.41) is 0. The van der Waals surface area contributed by atoms with E-state index in [-0.39, 0.29) is 6.10 Å². The molecule has 0 bridgehead atoms. The number of anilines is 1. The van der Waals surface area contributed by atoms with Crippen LogP contribution in [0, 0.1) is 0 Å². The zero-order valence-electron chi connectivity index (χ0n) is 11.3. The summed E-state index contributed by atoms with van der Waals surface area (Å²) >= 11 is 0. The van der Waals surface area contributed by atoms with Crippen molar-refractivity contribution in [1.29, 1.82) is 0 Å². The van der Waals surface area contributed by atoms with E-state index < -0.39 is 0 Å². The first-order valence-electron chi connectivity index (χ1n) is 6.80. The largest absolute Gasteiger partial charge is 0.487 e. The van der Waals surface area contributed by atoms with Crippen LogP contribution < -0.4 is 15.4 Å². The number of hydrogen-bond donors (Lipinski definition) is 1. The summed E-state index contributed by atoms with van der Waals surface area (Å²) in [5.74, 6) is 1.81. The molecule has 0 saturated carbocycles. The smallest absolute Gasteiger partial charge is 0.171 e. The number of pyridine rings is 1. The van der Waals surface area contributed by atoms with Crippen LogP contribution in [0.2, 0.25) is 0 Å². The number of ether oxygens (including phenoxy) is 1. The van der Waals surface area contributed by atoms with E-state index in [1.807, 2.05) is 32.2 Å².